The minimum Gasteiger partial charge on any atom is -0.439 e. The largest absolute Gasteiger partial charge is 0.439 e. The topological polar surface area (TPSA) is 29.5 Å². The fourth-order valence-corrected chi connectivity index (χ4v) is 3.16. The van der Waals surface area contributed by atoms with Crippen LogP contribution >= 0.6 is 23.2 Å². The summed E-state index contributed by atoms with van der Waals surface area (Å²) < 4.78 is 5.56. The maximum absolute atomic E-state index is 12.2. The van der Waals surface area contributed by atoms with Crippen LogP contribution in [0.2, 0.25) is 5.02 Å². The molecule has 0 atom stereocenters. The number of likely N-dealkylation sites (tertiary alicyclic amines) is 1. The van der Waals surface area contributed by atoms with Gasteiger partial charge in [0.2, 0.25) is 0 Å². The quantitative estimate of drug-likeness (QED) is 0.580. The second kappa shape index (κ2) is 7.56. The lowest BCUT2D eigenvalue weighted by atomic mass is 10.1. The van der Waals surface area contributed by atoms with Crippen LogP contribution in [-0.2, 0) is 11.3 Å². The molecule has 1 aliphatic rings. The van der Waals surface area contributed by atoms with E-state index in [0.29, 0.717) is 23.4 Å². The van der Waals surface area contributed by atoms with Crippen LogP contribution in [0.1, 0.15) is 28.8 Å². The highest BCUT2D eigenvalue weighted by atomic mass is 35.5. The molecule has 3 nitrogen and oxygen atoms in total. The Morgan fingerprint density at radius 3 is 2.29 bits per heavy atom. The van der Waals surface area contributed by atoms with Crippen LogP contribution in [0.15, 0.2) is 54.6 Å². The second-order valence-electron chi connectivity index (χ2n) is 6.04. The molecular formula is C19H19Cl2NO2. The summed E-state index contributed by atoms with van der Waals surface area (Å²) in [4.78, 5) is 14.6. The van der Waals surface area contributed by atoms with Crippen molar-refractivity contribution < 1.29 is 9.53 Å². The number of benzene rings is 2. The molecule has 0 unspecified atom stereocenters. The third-order valence-electron chi connectivity index (χ3n) is 4.21. The Hall–Kier alpha value is -1.55. The van der Waals surface area contributed by atoms with E-state index in [0.717, 1.165) is 19.6 Å². The molecular weight excluding hydrogens is 345 g/mol. The number of carbonyl (C=O) groups excluding carboxylic acids is 1. The van der Waals surface area contributed by atoms with Gasteiger partial charge in [0, 0.05) is 37.5 Å². The van der Waals surface area contributed by atoms with Crippen molar-refractivity contribution in [2.24, 2.45) is 0 Å². The van der Waals surface area contributed by atoms with Gasteiger partial charge < -0.3 is 4.74 Å². The Labute approximate surface area is 152 Å². The Morgan fingerprint density at radius 2 is 1.67 bits per heavy atom. The van der Waals surface area contributed by atoms with Crippen molar-refractivity contribution in [1.82, 2.24) is 4.90 Å². The van der Waals surface area contributed by atoms with E-state index in [-0.39, 0.29) is 0 Å². The monoisotopic (exact) mass is 363 g/mol. The highest BCUT2D eigenvalue weighted by molar-refractivity contribution is 6.30. The Balaban J connectivity index is 1.54. The van der Waals surface area contributed by atoms with Crippen molar-refractivity contribution in [3.05, 3.63) is 70.7 Å². The zero-order chi connectivity index (χ0) is 17.0. The third kappa shape index (κ3) is 4.50. The zero-order valence-electron chi connectivity index (χ0n) is 13.3. The van der Waals surface area contributed by atoms with Gasteiger partial charge in [0.15, 0.2) is 5.06 Å². The van der Waals surface area contributed by atoms with E-state index in [4.69, 9.17) is 27.9 Å². The van der Waals surface area contributed by atoms with Gasteiger partial charge in [0.25, 0.3) is 0 Å². The molecule has 2 aromatic carbocycles. The minimum atomic E-state index is -0.927. The molecule has 24 heavy (non-hydrogen) atoms. The van der Waals surface area contributed by atoms with Crippen LogP contribution in [0, 0.1) is 0 Å². The van der Waals surface area contributed by atoms with Gasteiger partial charge in [0.05, 0.1) is 5.56 Å². The van der Waals surface area contributed by atoms with Gasteiger partial charge in [-0.15, -0.1) is 0 Å². The summed E-state index contributed by atoms with van der Waals surface area (Å²) in [6, 6.07) is 17.0. The van der Waals surface area contributed by atoms with Crippen LogP contribution < -0.4 is 0 Å². The number of piperidine rings is 1. The number of hydrogen-bond acceptors (Lipinski definition) is 3. The van der Waals surface area contributed by atoms with E-state index in [1.54, 1.807) is 24.3 Å². The van der Waals surface area contributed by atoms with E-state index in [1.165, 1.54) is 5.56 Å². The molecule has 0 saturated carbocycles. The van der Waals surface area contributed by atoms with E-state index in [1.807, 2.05) is 18.2 Å². The maximum Gasteiger partial charge on any atom is 0.339 e. The first-order valence-corrected chi connectivity index (χ1v) is 8.74. The molecule has 1 fully saturated rings. The summed E-state index contributed by atoms with van der Waals surface area (Å²) in [5.41, 5.74) is 1.74. The van der Waals surface area contributed by atoms with Crippen LogP contribution in [0.4, 0.5) is 0 Å². The normalized spacial score (nSPS) is 17.4. The minimum absolute atomic E-state index is 0.404. The molecule has 0 radical (unpaired) electrons. The average Bonchev–Trinajstić information content (AvgIpc) is 2.58. The first-order chi connectivity index (χ1) is 11.5. The highest BCUT2D eigenvalue weighted by Crippen LogP contribution is 2.32. The van der Waals surface area contributed by atoms with Gasteiger partial charge >= 0.3 is 5.97 Å². The molecule has 2 aromatic rings. The first-order valence-electron chi connectivity index (χ1n) is 7.98. The third-order valence-corrected chi connectivity index (χ3v) is 4.91. The van der Waals surface area contributed by atoms with Crippen molar-refractivity contribution in [1.29, 1.82) is 0 Å². The number of rotatable bonds is 4. The molecule has 0 amide bonds. The predicted molar refractivity (Wildman–Crippen MR) is 96.4 cm³/mol. The lowest BCUT2D eigenvalue weighted by Crippen LogP contribution is -2.43. The van der Waals surface area contributed by atoms with Gasteiger partial charge in [0.1, 0.15) is 0 Å². The molecule has 1 heterocycles. The van der Waals surface area contributed by atoms with Crippen LogP contribution in [-0.4, -0.2) is 29.0 Å². The smallest absolute Gasteiger partial charge is 0.339 e. The van der Waals surface area contributed by atoms with Gasteiger partial charge in [-0.05, 0) is 29.8 Å². The van der Waals surface area contributed by atoms with Crippen LogP contribution in [0.25, 0.3) is 0 Å². The number of alkyl halides is 1. The van der Waals surface area contributed by atoms with Gasteiger partial charge in [-0.3, -0.25) is 4.90 Å². The zero-order valence-corrected chi connectivity index (χ0v) is 14.8. The van der Waals surface area contributed by atoms with Crippen molar-refractivity contribution in [2.75, 3.05) is 13.1 Å². The molecule has 126 valence electrons. The molecule has 0 aromatic heterocycles. The Bertz CT molecular complexity index is 680. The number of carbonyl (C=O) groups is 1. The van der Waals surface area contributed by atoms with Gasteiger partial charge in [-0.25, -0.2) is 4.79 Å². The SMILES string of the molecule is O=C(OC1(Cl)CCN(Cc2ccccc2)CC1)c1ccc(Cl)cc1. The first kappa shape index (κ1) is 17.3. The summed E-state index contributed by atoms with van der Waals surface area (Å²) in [6.45, 7) is 2.48. The lowest BCUT2D eigenvalue weighted by Gasteiger charge is -2.37. The summed E-state index contributed by atoms with van der Waals surface area (Å²) in [5.74, 6) is -0.404. The average molecular weight is 364 g/mol. The summed E-state index contributed by atoms with van der Waals surface area (Å²) >= 11 is 12.4. The Kier molecular flexibility index (Phi) is 5.44. The number of esters is 1. The second-order valence-corrected chi connectivity index (χ2v) is 7.17. The van der Waals surface area contributed by atoms with E-state index in [2.05, 4.69) is 17.0 Å². The summed E-state index contributed by atoms with van der Waals surface area (Å²) in [5, 5.41) is -0.342. The van der Waals surface area contributed by atoms with Crippen molar-refractivity contribution in [2.45, 2.75) is 24.4 Å². The van der Waals surface area contributed by atoms with Crippen LogP contribution in [0.3, 0.4) is 0 Å². The molecule has 0 spiro atoms. The van der Waals surface area contributed by atoms with E-state index < -0.39 is 11.0 Å². The van der Waals surface area contributed by atoms with Gasteiger partial charge in [-0.2, -0.15) is 0 Å². The molecule has 0 N–H and O–H groups in total. The van der Waals surface area contributed by atoms with E-state index in [9.17, 15) is 4.79 Å². The van der Waals surface area contributed by atoms with Crippen molar-refractivity contribution >= 4 is 29.2 Å². The lowest BCUT2D eigenvalue weighted by molar-refractivity contribution is -0.00814. The number of ether oxygens (including phenoxy) is 1. The summed E-state index contributed by atoms with van der Waals surface area (Å²) in [6.07, 6.45) is 1.22. The fraction of sp³-hybridized carbons (Fsp3) is 0.316. The molecule has 0 bridgehead atoms. The van der Waals surface area contributed by atoms with E-state index >= 15 is 0 Å². The molecule has 1 saturated heterocycles. The maximum atomic E-state index is 12.2. The van der Waals surface area contributed by atoms with Crippen molar-refractivity contribution in [3.8, 4) is 0 Å². The summed E-state index contributed by atoms with van der Waals surface area (Å²) in [7, 11) is 0. The Morgan fingerprint density at radius 1 is 1.04 bits per heavy atom. The molecule has 3 rings (SSSR count). The fourth-order valence-electron chi connectivity index (χ4n) is 2.80. The number of hydrogen-bond donors (Lipinski definition) is 0. The van der Waals surface area contributed by atoms with Crippen molar-refractivity contribution in [3.63, 3.8) is 0 Å². The van der Waals surface area contributed by atoms with Gasteiger partial charge in [-0.1, -0.05) is 53.5 Å². The van der Waals surface area contributed by atoms with Crippen LogP contribution in [0.5, 0.6) is 0 Å². The number of halogens is 2. The number of nitrogens with zero attached hydrogens (tertiary/aromatic N) is 1. The standard InChI is InChI=1S/C19H19Cl2NO2/c20-17-8-6-16(7-9-17)18(23)24-19(21)10-12-22(13-11-19)14-15-4-2-1-3-5-15/h1-9H,10-14H2. The molecule has 0 aliphatic carbocycles. The predicted octanol–water partition coefficient (Wildman–Crippen LogP) is 4.73. The molecule has 5 heteroatoms. The molecule has 1 aliphatic heterocycles. The highest BCUT2D eigenvalue weighted by Gasteiger charge is 2.36.